The molecule has 2 heterocycles. The van der Waals surface area contributed by atoms with Gasteiger partial charge < -0.3 is 24.6 Å². The summed E-state index contributed by atoms with van der Waals surface area (Å²) in [7, 11) is 5.41. The molecular formula is C28H40N4O3. The number of aromatic hydroxyl groups is 1. The van der Waals surface area contributed by atoms with E-state index in [-0.39, 0.29) is 5.91 Å². The van der Waals surface area contributed by atoms with E-state index >= 15 is 0 Å². The van der Waals surface area contributed by atoms with Gasteiger partial charge in [-0.1, -0.05) is 19.1 Å². The first-order chi connectivity index (χ1) is 16.9. The highest BCUT2D eigenvalue weighted by molar-refractivity contribution is 6.08. The monoisotopic (exact) mass is 480 g/mol. The molecule has 1 amide bonds. The number of hydrogen-bond donors (Lipinski definition) is 2. The number of amides is 1. The summed E-state index contributed by atoms with van der Waals surface area (Å²) in [6.45, 7) is 9.29. The van der Waals surface area contributed by atoms with E-state index in [2.05, 4.69) is 34.7 Å². The number of rotatable bonds is 7. The van der Waals surface area contributed by atoms with E-state index in [4.69, 9.17) is 4.74 Å². The topological polar surface area (TPSA) is 70.0 Å². The van der Waals surface area contributed by atoms with Gasteiger partial charge in [0.25, 0.3) is 5.91 Å². The number of nitrogens with zero attached hydrogens (tertiary/aromatic N) is 3. The van der Waals surface area contributed by atoms with Crippen LogP contribution in [0.25, 0.3) is 10.9 Å². The molecule has 2 N–H and O–H groups in total. The molecule has 1 saturated heterocycles. The number of ether oxygens (including phenoxy) is 1. The van der Waals surface area contributed by atoms with Crippen LogP contribution >= 0.6 is 0 Å². The number of carbonyl (C=O) groups excluding carboxylic acids is 1. The van der Waals surface area contributed by atoms with E-state index in [9.17, 15) is 9.90 Å². The molecular weight excluding hydrogens is 440 g/mol. The van der Waals surface area contributed by atoms with Crippen LogP contribution in [0.4, 0.5) is 0 Å². The molecule has 35 heavy (non-hydrogen) atoms. The molecule has 0 unspecified atom stereocenters. The summed E-state index contributed by atoms with van der Waals surface area (Å²) in [6, 6.07) is 13.4. The van der Waals surface area contributed by atoms with Gasteiger partial charge in [0.2, 0.25) is 0 Å². The number of piperazine rings is 1. The second kappa shape index (κ2) is 12.6. The van der Waals surface area contributed by atoms with Crippen molar-refractivity contribution in [2.45, 2.75) is 33.2 Å². The molecule has 4 rings (SSSR count). The summed E-state index contributed by atoms with van der Waals surface area (Å²) in [5, 5.41) is 13.2. The SMILES string of the molecule is CCCn1c(C)c(C(=O)N2CCN(CCc3ccc(O)cc3)CC2)c2cc(OC)ccc21.CNC. The predicted molar refractivity (Wildman–Crippen MR) is 143 cm³/mol. The fourth-order valence-corrected chi connectivity index (χ4v) is 4.65. The summed E-state index contributed by atoms with van der Waals surface area (Å²) in [4.78, 5) is 18.0. The van der Waals surface area contributed by atoms with Gasteiger partial charge in [0.15, 0.2) is 0 Å². The number of aryl methyl sites for hydroxylation is 1. The van der Waals surface area contributed by atoms with Crippen LogP contribution in [0.2, 0.25) is 0 Å². The molecule has 1 fully saturated rings. The number of nitrogens with one attached hydrogen (secondary N) is 1. The minimum atomic E-state index is 0.119. The molecule has 0 saturated carbocycles. The van der Waals surface area contributed by atoms with Crippen molar-refractivity contribution in [3.8, 4) is 11.5 Å². The minimum Gasteiger partial charge on any atom is -0.508 e. The number of carbonyl (C=O) groups is 1. The zero-order chi connectivity index (χ0) is 25.4. The normalized spacial score (nSPS) is 14.0. The first kappa shape index (κ1) is 26.6. The van der Waals surface area contributed by atoms with Crippen LogP contribution in [0.3, 0.4) is 0 Å². The van der Waals surface area contributed by atoms with Gasteiger partial charge in [-0.05, 0) is 69.8 Å². The van der Waals surface area contributed by atoms with E-state index in [1.54, 1.807) is 19.2 Å². The number of hydrogen-bond acceptors (Lipinski definition) is 5. The van der Waals surface area contributed by atoms with Crippen molar-refractivity contribution in [3.05, 3.63) is 59.3 Å². The average Bonchev–Trinajstić information content (AvgIpc) is 3.14. The lowest BCUT2D eigenvalue weighted by Gasteiger charge is -2.35. The van der Waals surface area contributed by atoms with Gasteiger partial charge in [0.1, 0.15) is 11.5 Å². The molecule has 190 valence electrons. The Morgan fingerprint density at radius 3 is 2.29 bits per heavy atom. The molecule has 0 radical (unpaired) electrons. The first-order valence-corrected chi connectivity index (χ1v) is 12.5. The van der Waals surface area contributed by atoms with Crippen LogP contribution in [0.15, 0.2) is 42.5 Å². The van der Waals surface area contributed by atoms with E-state index in [0.29, 0.717) is 5.75 Å². The summed E-state index contributed by atoms with van der Waals surface area (Å²) in [5.74, 6) is 1.20. The van der Waals surface area contributed by atoms with Crippen molar-refractivity contribution in [2.75, 3.05) is 53.9 Å². The average molecular weight is 481 g/mol. The number of methoxy groups -OCH3 is 1. The second-order valence-corrected chi connectivity index (χ2v) is 9.05. The minimum absolute atomic E-state index is 0.119. The zero-order valence-corrected chi connectivity index (χ0v) is 21.8. The molecule has 0 atom stereocenters. The summed E-state index contributed by atoms with van der Waals surface area (Å²) in [5.41, 5.74) is 4.16. The van der Waals surface area contributed by atoms with Crippen molar-refractivity contribution in [2.24, 2.45) is 0 Å². The lowest BCUT2D eigenvalue weighted by Crippen LogP contribution is -2.49. The first-order valence-electron chi connectivity index (χ1n) is 12.5. The molecule has 2 aromatic carbocycles. The molecule has 0 spiro atoms. The van der Waals surface area contributed by atoms with Gasteiger partial charge in [0, 0.05) is 55.9 Å². The Morgan fingerprint density at radius 1 is 1.03 bits per heavy atom. The third-order valence-electron chi connectivity index (χ3n) is 6.50. The van der Waals surface area contributed by atoms with Gasteiger partial charge in [-0.25, -0.2) is 0 Å². The Hall–Kier alpha value is -3.03. The zero-order valence-electron chi connectivity index (χ0n) is 21.8. The van der Waals surface area contributed by atoms with Crippen molar-refractivity contribution in [3.63, 3.8) is 0 Å². The standard InChI is InChI=1S/C26H33N3O3.C2H7N/c1-4-12-29-19(2)25(23-18-22(32-3)9-10-24(23)29)26(31)28-16-14-27(15-17-28)13-11-20-5-7-21(30)8-6-20;1-3-2/h5-10,18,30H,4,11-17H2,1-3H3;3H,1-2H3. The molecule has 7 heteroatoms. The molecule has 1 aliphatic rings. The third-order valence-corrected chi connectivity index (χ3v) is 6.50. The summed E-state index contributed by atoms with van der Waals surface area (Å²) in [6.07, 6.45) is 1.96. The maximum atomic E-state index is 13.6. The van der Waals surface area contributed by atoms with Crippen LogP contribution < -0.4 is 10.1 Å². The van der Waals surface area contributed by atoms with Crippen molar-refractivity contribution < 1.29 is 14.6 Å². The van der Waals surface area contributed by atoms with Crippen molar-refractivity contribution >= 4 is 16.8 Å². The van der Waals surface area contributed by atoms with Gasteiger partial charge in [-0.15, -0.1) is 0 Å². The lowest BCUT2D eigenvalue weighted by molar-refractivity contribution is 0.0639. The summed E-state index contributed by atoms with van der Waals surface area (Å²) < 4.78 is 7.70. The number of benzene rings is 2. The van der Waals surface area contributed by atoms with Crippen LogP contribution in [0, 0.1) is 6.92 Å². The van der Waals surface area contributed by atoms with Crippen LogP contribution in [0.1, 0.15) is 35.0 Å². The van der Waals surface area contributed by atoms with Crippen LogP contribution in [-0.2, 0) is 13.0 Å². The maximum absolute atomic E-state index is 13.6. The fourth-order valence-electron chi connectivity index (χ4n) is 4.65. The maximum Gasteiger partial charge on any atom is 0.256 e. The van der Waals surface area contributed by atoms with Gasteiger partial charge >= 0.3 is 0 Å². The van der Waals surface area contributed by atoms with Gasteiger partial charge in [0.05, 0.1) is 12.7 Å². The Kier molecular flexibility index (Phi) is 9.57. The van der Waals surface area contributed by atoms with Crippen LogP contribution in [0.5, 0.6) is 11.5 Å². The summed E-state index contributed by atoms with van der Waals surface area (Å²) >= 11 is 0. The Balaban J connectivity index is 0.00000108. The largest absolute Gasteiger partial charge is 0.508 e. The van der Waals surface area contributed by atoms with Crippen molar-refractivity contribution in [1.29, 1.82) is 0 Å². The van der Waals surface area contributed by atoms with E-state index in [0.717, 1.165) is 80.0 Å². The number of phenolic OH excluding ortho intramolecular Hbond substituents is 1. The molecule has 3 aromatic rings. The Labute approximate surface area is 209 Å². The molecule has 0 bridgehead atoms. The highest BCUT2D eigenvalue weighted by Gasteiger charge is 2.27. The number of phenols is 1. The lowest BCUT2D eigenvalue weighted by atomic mass is 10.1. The third kappa shape index (κ3) is 6.35. The van der Waals surface area contributed by atoms with Crippen LogP contribution in [-0.4, -0.2) is 79.3 Å². The molecule has 1 aliphatic heterocycles. The van der Waals surface area contributed by atoms with E-state index in [1.165, 1.54) is 5.56 Å². The Bertz CT molecular complexity index is 1100. The van der Waals surface area contributed by atoms with Gasteiger partial charge in [-0.2, -0.15) is 0 Å². The van der Waals surface area contributed by atoms with Crippen molar-refractivity contribution in [1.82, 2.24) is 19.7 Å². The fraction of sp³-hybridized carbons (Fsp3) is 0.464. The molecule has 7 nitrogen and oxygen atoms in total. The highest BCUT2D eigenvalue weighted by Crippen LogP contribution is 2.31. The Morgan fingerprint density at radius 2 is 1.69 bits per heavy atom. The molecule has 1 aromatic heterocycles. The number of fused-ring (bicyclic) bond motifs is 1. The van der Waals surface area contributed by atoms with Gasteiger partial charge in [-0.3, -0.25) is 9.69 Å². The molecule has 0 aliphatic carbocycles. The van der Waals surface area contributed by atoms with E-state index in [1.807, 2.05) is 43.3 Å². The quantitative estimate of drug-likeness (QED) is 0.537. The predicted octanol–water partition coefficient (Wildman–Crippen LogP) is 3.91. The van der Waals surface area contributed by atoms with E-state index < -0.39 is 0 Å². The number of aromatic nitrogens is 1. The highest BCUT2D eigenvalue weighted by atomic mass is 16.5. The second-order valence-electron chi connectivity index (χ2n) is 9.05. The smallest absolute Gasteiger partial charge is 0.256 e.